The lowest BCUT2D eigenvalue weighted by Crippen LogP contribution is -2.15. The number of para-hydroxylation sites is 2. The third-order valence-corrected chi connectivity index (χ3v) is 3.65. The summed E-state index contributed by atoms with van der Waals surface area (Å²) in [7, 11) is 1.59. The van der Waals surface area contributed by atoms with Gasteiger partial charge in [-0.3, -0.25) is 4.57 Å². The normalized spacial score (nSPS) is 10.8. The van der Waals surface area contributed by atoms with Crippen LogP contribution in [-0.2, 0) is 0 Å². The lowest BCUT2D eigenvalue weighted by atomic mass is 10.2. The number of aromatic nitrogens is 2. The minimum atomic E-state index is -0.189. The number of benzene rings is 2. The van der Waals surface area contributed by atoms with Gasteiger partial charge in [0, 0.05) is 4.47 Å². The highest BCUT2D eigenvalue weighted by molar-refractivity contribution is 9.10. The van der Waals surface area contributed by atoms with Crippen molar-refractivity contribution in [2.24, 2.45) is 0 Å². The lowest BCUT2D eigenvalue weighted by Gasteiger charge is -2.08. The van der Waals surface area contributed by atoms with Gasteiger partial charge in [0.2, 0.25) is 0 Å². The molecule has 3 rings (SSSR count). The molecule has 1 heterocycles. The van der Waals surface area contributed by atoms with Crippen LogP contribution in [0.4, 0.5) is 0 Å². The number of hydrogen-bond donors (Lipinski definition) is 1. The van der Waals surface area contributed by atoms with Gasteiger partial charge in [0.25, 0.3) is 0 Å². The third-order valence-electron chi connectivity index (χ3n) is 2.98. The zero-order valence-electron chi connectivity index (χ0n) is 10.2. The fraction of sp³-hybridized carbons (Fsp3) is 0.0714. The van der Waals surface area contributed by atoms with Crippen LogP contribution in [0.2, 0.25) is 0 Å². The smallest absolute Gasteiger partial charge is 0.331 e. The number of ether oxygens (including phenoxy) is 1. The van der Waals surface area contributed by atoms with Gasteiger partial charge in [0.1, 0.15) is 11.3 Å². The van der Waals surface area contributed by atoms with Crippen molar-refractivity contribution in [1.29, 1.82) is 0 Å². The van der Waals surface area contributed by atoms with E-state index in [0.29, 0.717) is 5.75 Å². The molecule has 5 heteroatoms. The van der Waals surface area contributed by atoms with Crippen molar-refractivity contribution >= 4 is 27.0 Å². The number of aromatic amines is 1. The van der Waals surface area contributed by atoms with Crippen molar-refractivity contribution < 1.29 is 4.74 Å². The summed E-state index contributed by atoms with van der Waals surface area (Å²) < 4.78 is 7.81. The number of nitrogens with one attached hydrogen (secondary N) is 1. The Labute approximate surface area is 117 Å². The summed E-state index contributed by atoms with van der Waals surface area (Å²) in [6, 6.07) is 13.1. The minimum absolute atomic E-state index is 0.189. The minimum Gasteiger partial charge on any atom is -0.494 e. The van der Waals surface area contributed by atoms with E-state index in [1.807, 2.05) is 42.5 Å². The molecule has 0 atom stereocenters. The molecule has 0 unspecified atom stereocenters. The van der Waals surface area contributed by atoms with Crippen LogP contribution in [0.25, 0.3) is 16.7 Å². The standard InChI is InChI=1S/C14H11BrN2O2/c1-19-12-8-4-6-10-13(12)17(14(18)16-10)11-7-3-2-5-9(11)15/h2-8H,1H3,(H,16,18). The monoisotopic (exact) mass is 318 g/mol. The highest BCUT2D eigenvalue weighted by atomic mass is 79.9. The van der Waals surface area contributed by atoms with E-state index in [0.717, 1.165) is 21.2 Å². The van der Waals surface area contributed by atoms with E-state index in [1.54, 1.807) is 11.7 Å². The van der Waals surface area contributed by atoms with E-state index < -0.39 is 0 Å². The van der Waals surface area contributed by atoms with E-state index >= 15 is 0 Å². The number of nitrogens with zero attached hydrogens (tertiary/aromatic N) is 1. The number of halogens is 1. The molecule has 0 aliphatic rings. The second-order valence-corrected chi connectivity index (χ2v) is 4.93. The van der Waals surface area contributed by atoms with E-state index in [9.17, 15) is 4.79 Å². The van der Waals surface area contributed by atoms with E-state index in [2.05, 4.69) is 20.9 Å². The van der Waals surface area contributed by atoms with Crippen LogP contribution in [-0.4, -0.2) is 16.7 Å². The van der Waals surface area contributed by atoms with E-state index in [-0.39, 0.29) is 5.69 Å². The Morgan fingerprint density at radius 3 is 2.68 bits per heavy atom. The second kappa shape index (κ2) is 4.59. The van der Waals surface area contributed by atoms with Gasteiger partial charge in [0.05, 0.1) is 18.3 Å². The Balaban J connectivity index is 2.45. The molecule has 19 heavy (non-hydrogen) atoms. The van der Waals surface area contributed by atoms with Crippen LogP contribution in [0, 0.1) is 0 Å². The van der Waals surface area contributed by atoms with Crippen LogP contribution in [0.15, 0.2) is 51.7 Å². The molecular weight excluding hydrogens is 308 g/mol. The molecule has 0 bridgehead atoms. The van der Waals surface area contributed by atoms with Crippen molar-refractivity contribution in [2.45, 2.75) is 0 Å². The fourth-order valence-corrected chi connectivity index (χ4v) is 2.62. The largest absolute Gasteiger partial charge is 0.494 e. The first-order chi connectivity index (χ1) is 9.22. The Hall–Kier alpha value is -2.01. The molecule has 0 fully saturated rings. The molecular formula is C14H11BrN2O2. The zero-order valence-corrected chi connectivity index (χ0v) is 11.8. The maximum atomic E-state index is 12.2. The molecule has 96 valence electrons. The van der Waals surface area contributed by atoms with Crippen molar-refractivity contribution in [1.82, 2.24) is 9.55 Å². The fourth-order valence-electron chi connectivity index (χ4n) is 2.15. The third kappa shape index (κ3) is 1.86. The second-order valence-electron chi connectivity index (χ2n) is 4.07. The number of imidazole rings is 1. The zero-order chi connectivity index (χ0) is 13.4. The van der Waals surface area contributed by atoms with Crippen molar-refractivity contribution in [3.05, 3.63) is 57.4 Å². The van der Waals surface area contributed by atoms with Gasteiger partial charge in [-0.25, -0.2) is 4.79 Å². The molecule has 3 aromatic rings. The maximum absolute atomic E-state index is 12.2. The van der Waals surface area contributed by atoms with Crippen LogP contribution < -0.4 is 10.4 Å². The number of rotatable bonds is 2. The lowest BCUT2D eigenvalue weighted by molar-refractivity contribution is 0.418. The first kappa shape index (κ1) is 12.0. The summed E-state index contributed by atoms with van der Waals surface area (Å²) in [5.41, 5.74) is 2.08. The van der Waals surface area contributed by atoms with Crippen LogP contribution in [0.5, 0.6) is 5.75 Å². The predicted molar refractivity (Wildman–Crippen MR) is 78.1 cm³/mol. The maximum Gasteiger partial charge on any atom is 0.331 e. The van der Waals surface area contributed by atoms with Crippen LogP contribution in [0.3, 0.4) is 0 Å². The van der Waals surface area contributed by atoms with Gasteiger partial charge in [-0.2, -0.15) is 0 Å². The van der Waals surface area contributed by atoms with Crippen molar-refractivity contribution in [3.63, 3.8) is 0 Å². The topological polar surface area (TPSA) is 47.0 Å². The molecule has 4 nitrogen and oxygen atoms in total. The van der Waals surface area contributed by atoms with Gasteiger partial charge < -0.3 is 9.72 Å². The quantitative estimate of drug-likeness (QED) is 0.789. The molecule has 0 aliphatic carbocycles. The average molecular weight is 319 g/mol. The van der Waals surface area contributed by atoms with E-state index in [4.69, 9.17) is 4.74 Å². The Kier molecular flexibility index (Phi) is 2.91. The molecule has 0 saturated heterocycles. The van der Waals surface area contributed by atoms with Crippen LogP contribution in [0.1, 0.15) is 0 Å². The van der Waals surface area contributed by atoms with Crippen molar-refractivity contribution in [3.8, 4) is 11.4 Å². The Morgan fingerprint density at radius 1 is 1.16 bits per heavy atom. The molecule has 0 spiro atoms. The molecule has 0 radical (unpaired) electrons. The van der Waals surface area contributed by atoms with Crippen molar-refractivity contribution in [2.75, 3.05) is 7.11 Å². The van der Waals surface area contributed by atoms with Gasteiger partial charge in [0.15, 0.2) is 0 Å². The molecule has 2 aromatic carbocycles. The summed E-state index contributed by atoms with van der Waals surface area (Å²) >= 11 is 3.47. The van der Waals surface area contributed by atoms with Gasteiger partial charge in [-0.15, -0.1) is 0 Å². The first-order valence-corrected chi connectivity index (χ1v) is 6.54. The van der Waals surface area contributed by atoms with Gasteiger partial charge in [-0.05, 0) is 40.2 Å². The van der Waals surface area contributed by atoms with Gasteiger partial charge >= 0.3 is 5.69 Å². The summed E-state index contributed by atoms with van der Waals surface area (Å²) in [5.74, 6) is 0.659. The molecule has 0 aliphatic heterocycles. The highest BCUT2D eigenvalue weighted by Crippen LogP contribution is 2.28. The summed E-state index contributed by atoms with van der Waals surface area (Å²) in [5, 5.41) is 0. The Morgan fingerprint density at radius 2 is 1.95 bits per heavy atom. The SMILES string of the molecule is COc1cccc2[nH]c(=O)n(-c3ccccc3Br)c12. The first-order valence-electron chi connectivity index (χ1n) is 5.75. The summed E-state index contributed by atoms with van der Waals surface area (Å²) in [4.78, 5) is 15.0. The van der Waals surface area contributed by atoms with E-state index in [1.165, 1.54) is 0 Å². The Bertz CT molecular complexity index is 805. The molecule has 0 amide bonds. The summed E-state index contributed by atoms with van der Waals surface area (Å²) in [6.07, 6.45) is 0. The van der Waals surface area contributed by atoms with Crippen LogP contribution >= 0.6 is 15.9 Å². The average Bonchev–Trinajstić information content (AvgIpc) is 2.75. The predicted octanol–water partition coefficient (Wildman–Crippen LogP) is 3.09. The number of H-pyrrole nitrogens is 1. The van der Waals surface area contributed by atoms with Gasteiger partial charge in [-0.1, -0.05) is 18.2 Å². The number of fused-ring (bicyclic) bond motifs is 1. The number of methoxy groups -OCH3 is 1. The molecule has 0 saturated carbocycles. The molecule has 1 N–H and O–H groups in total. The number of hydrogen-bond acceptors (Lipinski definition) is 2. The highest BCUT2D eigenvalue weighted by Gasteiger charge is 2.14. The summed E-state index contributed by atoms with van der Waals surface area (Å²) in [6.45, 7) is 0. The molecule has 1 aromatic heterocycles.